The largest absolute Gasteiger partial charge is 0.480 e. The third-order valence-electron chi connectivity index (χ3n) is 3.74. The molecule has 0 radical (unpaired) electrons. The lowest BCUT2D eigenvalue weighted by Crippen LogP contribution is -2.51. The molecule has 1 aliphatic rings. The molecule has 1 fully saturated rings. The van der Waals surface area contributed by atoms with Crippen LogP contribution >= 0.6 is 0 Å². The Kier molecular flexibility index (Phi) is 3.43. The number of carboxylic acids is 1. The van der Waals surface area contributed by atoms with E-state index in [1.54, 1.807) is 0 Å². The Hall–Kier alpha value is -1.92. The van der Waals surface area contributed by atoms with Crippen LogP contribution in [0.25, 0.3) is 10.8 Å². The summed E-state index contributed by atoms with van der Waals surface area (Å²) in [6.07, 6.45) is 0. The van der Waals surface area contributed by atoms with Gasteiger partial charge in [0.05, 0.1) is 11.5 Å². The molecular formula is C15H15NO4S. The molecule has 2 aromatic rings. The average molecular weight is 305 g/mol. The van der Waals surface area contributed by atoms with E-state index in [4.69, 9.17) is 5.11 Å². The predicted molar refractivity (Wildman–Crippen MR) is 79.9 cm³/mol. The zero-order valence-corrected chi connectivity index (χ0v) is 12.0. The number of hydrogen-bond acceptors (Lipinski definition) is 4. The third kappa shape index (κ3) is 2.77. The molecular weight excluding hydrogens is 290 g/mol. The normalized spacial score (nSPS) is 24.8. The highest BCUT2D eigenvalue weighted by Gasteiger charge is 2.36. The van der Waals surface area contributed by atoms with Crippen molar-refractivity contribution < 1.29 is 18.3 Å². The van der Waals surface area contributed by atoms with Gasteiger partial charge in [-0.25, -0.2) is 8.42 Å². The van der Waals surface area contributed by atoms with Gasteiger partial charge in [0.1, 0.15) is 6.04 Å². The first-order chi connectivity index (χ1) is 9.96. The Morgan fingerprint density at radius 2 is 1.81 bits per heavy atom. The quantitative estimate of drug-likeness (QED) is 0.875. The number of aliphatic carboxylic acids is 1. The molecule has 5 nitrogen and oxygen atoms in total. The first-order valence-electron chi connectivity index (χ1n) is 6.63. The average Bonchev–Trinajstić information content (AvgIpc) is 2.45. The lowest BCUT2D eigenvalue weighted by molar-refractivity contribution is -0.139. The number of carbonyl (C=O) groups is 1. The molecule has 0 aromatic heterocycles. The molecule has 2 atom stereocenters. The molecule has 2 N–H and O–H groups in total. The van der Waals surface area contributed by atoms with Gasteiger partial charge in [0.15, 0.2) is 9.84 Å². The summed E-state index contributed by atoms with van der Waals surface area (Å²) in [5.41, 5.74) is 0.822. The molecule has 0 spiro atoms. The molecule has 0 amide bonds. The van der Waals surface area contributed by atoms with Crippen molar-refractivity contribution >= 4 is 26.6 Å². The first kappa shape index (κ1) is 14.0. The zero-order valence-electron chi connectivity index (χ0n) is 11.2. The van der Waals surface area contributed by atoms with Gasteiger partial charge in [-0.15, -0.1) is 0 Å². The van der Waals surface area contributed by atoms with E-state index in [2.05, 4.69) is 5.32 Å². The molecule has 2 unspecified atom stereocenters. The van der Waals surface area contributed by atoms with E-state index in [9.17, 15) is 13.2 Å². The Morgan fingerprint density at radius 1 is 1.10 bits per heavy atom. The van der Waals surface area contributed by atoms with Crippen molar-refractivity contribution in [1.29, 1.82) is 0 Å². The first-order valence-corrected chi connectivity index (χ1v) is 8.45. The van der Waals surface area contributed by atoms with E-state index >= 15 is 0 Å². The van der Waals surface area contributed by atoms with E-state index in [0.29, 0.717) is 0 Å². The van der Waals surface area contributed by atoms with Crippen LogP contribution in [0, 0.1) is 0 Å². The van der Waals surface area contributed by atoms with Gasteiger partial charge < -0.3 is 5.11 Å². The molecule has 1 heterocycles. The second kappa shape index (κ2) is 5.13. The smallest absolute Gasteiger partial charge is 0.321 e. The molecule has 1 aliphatic heterocycles. The molecule has 0 saturated carbocycles. The van der Waals surface area contributed by atoms with Crippen molar-refractivity contribution in [3.05, 3.63) is 48.0 Å². The summed E-state index contributed by atoms with van der Waals surface area (Å²) >= 11 is 0. The van der Waals surface area contributed by atoms with E-state index in [1.807, 2.05) is 42.5 Å². The van der Waals surface area contributed by atoms with Crippen LogP contribution in [0.5, 0.6) is 0 Å². The van der Waals surface area contributed by atoms with Gasteiger partial charge in [-0.3, -0.25) is 10.1 Å². The molecule has 0 bridgehead atoms. The Bertz CT molecular complexity index is 795. The number of rotatable bonds is 2. The Labute approximate surface area is 122 Å². The van der Waals surface area contributed by atoms with Crippen LogP contribution in [0.15, 0.2) is 42.5 Å². The lowest BCUT2D eigenvalue weighted by atomic mass is 9.99. The second-order valence-corrected chi connectivity index (χ2v) is 7.41. The minimum Gasteiger partial charge on any atom is -0.480 e. The summed E-state index contributed by atoms with van der Waals surface area (Å²) in [6, 6.07) is 11.8. The molecule has 21 heavy (non-hydrogen) atoms. The number of hydrogen-bond donors (Lipinski definition) is 2. The monoisotopic (exact) mass is 305 g/mol. The van der Waals surface area contributed by atoms with Crippen molar-refractivity contribution in [3.63, 3.8) is 0 Å². The van der Waals surface area contributed by atoms with Gasteiger partial charge in [0.2, 0.25) is 0 Å². The lowest BCUT2D eigenvalue weighted by Gasteiger charge is -2.29. The van der Waals surface area contributed by atoms with Crippen molar-refractivity contribution in [2.45, 2.75) is 12.1 Å². The summed E-state index contributed by atoms with van der Waals surface area (Å²) in [5.74, 6) is -1.57. The summed E-state index contributed by atoms with van der Waals surface area (Å²) in [5, 5.41) is 14.0. The number of nitrogens with one attached hydrogen (secondary N) is 1. The number of fused-ring (bicyclic) bond motifs is 1. The van der Waals surface area contributed by atoms with Crippen molar-refractivity contribution in [3.8, 4) is 0 Å². The van der Waals surface area contributed by atoms with Crippen molar-refractivity contribution in [1.82, 2.24) is 5.32 Å². The van der Waals surface area contributed by atoms with Gasteiger partial charge in [-0.2, -0.15) is 0 Å². The summed E-state index contributed by atoms with van der Waals surface area (Å²) in [7, 11) is -3.39. The highest BCUT2D eigenvalue weighted by atomic mass is 32.2. The van der Waals surface area contributed by atoms with E-state index in [1.165, 1.54) is 0 Å². The molecule has 6 heteroatoms. The van der Waals surface area contributed by atoms with Crippen molar-refractivity contribution in [2.75, 3.05) is 11.5 Å². The van der Waals surface area contributed by atoms with Gasteiger partial charge in [-0.05, 0) is 16.3 Å². The topological polar surface area (TPSA) is 83.5 Å². The van der Waals surface area contributed by atoms with Crippen LogP contribution < -0.4 is 5.32 Å². The molecule has 110 valence electrons. The maximum atomic E-state index is 12.0. The van der Waals surface area contributed by atoms with Crippen LogP contribution in [0.1, 0.15) is 11.6 Å². The fourth-order valence-corrected chi connectivity index (χ4v) is 4.46. The van der Waals surface area contributed by atoms with E-state index in [0.717, 1.165) is 16.3 Å². The van der Waals surface area contributed by atoms with E-state index in [-0.39, 0.29) is 11.5 Å². The van der Waals surface area contributed by atoms with Gasteiger partial charge in [0, 0.05) is 6.04 Å². The molecule has 1 saturated heterocycles. The maximum Gasteiger partial charge on any atom is 0.321 e. The molecule has 3 rings (SSSR count). The molecule has 2 aromatic carbocycles. The standard InChI is InChI=1S/C15H15NO4S/c17-15(18)14-9-21(19,20)8-13(16-14)12-7-3-5-10-4-1-2-6-11(10)12/h1-7,13-14,16H,8-9H2,(H,17,18). The fraction of sp³-hybridized carbons (Fsp3) is 0.267. The number of carboxylic acid groups (broad SMARTS) is 1. The summed E-state index contributed by atoms with van der Waals surface area (Å²) in [4.78, 5) is 11.2. The summed E-state index contributed by atoms with van der Waals surface area (Å²) in [6.45, 7) is 0. The van der Waals surface area contributed by atoms with Gasteiger partial charge in [0.25, 0.3) is 0 Å². The van der Waals surface area contributed by atoms with Gasteiger partial charge >= 0.3 is 5.97 Å². The summed E-state index contributed by atoms with van der Waals surface area (Å²) < 4.78 is 24.0. The van der Waals surface area contributed by atoms with Crippen LogP contribution in [0.3, 0.4) is 0 Å². The van der Waals surface area contributed by atoms with Gasteiger partial charge in [-0.1, -0.05) is 42.5 Å². The minimum atomic E-state index is -3.39. The van der Waals surface area contributed by atoms with Crippen LogP contribution in [0.4, 0.5) is 0 Å². The highest BCUT2D eigenvalue weighted by Crippen LogP contribution is 2.28. The number of sulfone groups is 1. The Balaban J connectivity index is 2.07. The van der Waals surface area contributed by atoms with E-state index < -0.39 is 27.9 Å². The fourth-order valence-electron chi connectivity index (χ4n) is 2.79. The SMILES string of the molecule is O=C(O)C1CS(=O)(=O)CC(c2cccc3ccccc23)N1. The van der Waals surface area contributed by atoms with Crippen LogP contribution in [0.2, 0.25) is 0 Å². The minimum absolute atomic E-state index is 0.0786. The zero-order chi connectivity index (χ0) is 15.0. The van der Waals surface area contributed by atoms with Crippen molar-refractivity contribution in [2.24, 2.45) is 0 Å². The second-order valence-electron chi connectivity index (χ2n) is 5.26. The Morgan fingerprint density at radius 3 is 2.57 bits per heavy atom. The third-order valence-corrected chi connectivity index (χ3v) is 5.42. The van der Waals surface area contributed by atoms with Crippen LogP contribution in [-0.4, -0.2) is 37.0 Å². The number of benzene rings is 2. The maximum absolute atomic E-state index is 12.0. The molecule has 0 aliphatic carbocycles. The predicted octanol–water partition coefficient (Wildman–Crippen LogP) is 1.35. The van der Waals surface area contributed by atoms with Crippen LogP contribution in [-0.2, 0) is 14.6 Å². The highest BCUT2D eigenvalue weighted by molar-refractivity contribution is 7.91.